The third-order valence-corrected chi connectivity index (χ3v) is 5.52. The molecule has 1 fully saturated rings. The van der Waals surface area contributed by atoms with Crippen molar-refractivity contribution in [3.05, 3.63) is 66.4 Å². The highest BCUT2D eigenvalue weighted by atomic mass is 16.5. The van der Waals surface area contributed by atoms with Crippen molar-refractivity contribution >= 4 is 17.4 Å². The first kappa shape index (κ1) is 23.5. The fourth-order valence-electron chi connectivity index (χ4n) is 4.07. The maximum absolute atomic E-state index is 10.6. The number of hydrogen-bond donors (Lipinski definition) is 2. The molecule has 0 bridgehead atoms. The molecule has 0 saturated carbocycles. The van der Waals surface area contributed by atoms with Gasteiger partial charge in [-0.05, 0) is 43.2 Å². The van der Waals surface area contributed by atoms with Crippen molar-refractivity contribution in [3.63, 3.8) is 0 Å². The first-order chi connectivity index (χ1) is 15.7. The van der Waals surface area contributed by atoms with Crippen LogP contribution >= 0.6 is 0 Å². The van der Waals surface area contributed by atoms with Gasteiger partial charge >= 0.3 is 0 Å². The van der Waals surface area contributed by atoms with Crippen molar-refractivity contribution in [1.29, 1.82) is 0 Å². The number of aromatic nitrogens is 1. The molecule has 0 amide bonds. The number of likely N-dealkylation sites (tertiary alicyclic amines) is 1. The van der Waals surface area contributed by atoms with Crippen molar-refractivity contribution < 1.29 is 24.5 Å². The largest absolute Gasteiger partial charge is 0.490 e. The monoisotopic (exact) mass is 438 g/mol. The molecule has 0 spiro atoms. The van der Waals surface area contributed by atoms with E-state index >= 15 is 0 Å². The van der Waals surface area contributed by atoms with Crippen LogP contribution in [0.3, 0.4) is 0 Å². The summed E-state index contributed by atoms with van der Waals surface area (Å²) < 4.78 is 11.6. The van der Waals surface area contributed by atoms with Crippen molar-refractivity contribution in [2.45, 2.75) is 19.4 Å². The number of carboxylic acid groups (broad SMARTS) is 1. The molecular formula is C25H30N2O5. The minimum atomic E-state index is -0.322. The molecule has 0 aliphatic carbocycles. The zero-order valence-corrected chi connectivity index (χ0v) is 18.3. The molecule has 2 N–H and O–H groups in total. The van der Waals surface area contributed by atoms with Crippen molar-refractivity contribution in [2.24, 2.45) is 5.92 Å². The lowest BCUT2D eigenvalue weighted by molar-refractivity contribution is -0.122. The van der Waals surface area contributed by atoms with E-state index in [1.54, 1.807) is 0 Å². The highest BCUT2D eigenvalue weighted by molar-refractivity contribution is 5.81. The summed E-state index contributed by atoms with van der Waals surface area (Å²) in [6.07, 6.45) is 2.40. The number of nitrogens with zero attached hydrogens (tertiary/aromatic N) is 2. The molecule has 0 unspecified atom stereocenters. The number of hydrogen-bond acceptors (Lipinski definition) is 6. The van der Waals surface area contributed by atoms with E-state index in [4.69, 9.17) is 19.4 Å². The maximum Gasteiger partial charge on any atom is 0.290 e. The van der Waals surface area contributed by atoms with Gasteiger partial charge in [-0.1, -0.05) is 30.3 Å². The fraction of sp³-hybridized carbons (Fsp3) is 0.360. The van der Waals surface area contributed by atoms with Crippen LogP contribution in [0, 0.1) is 5.92 Å². The Morgan fingerprint density at radius 3 is 2.50 bits per heavy atom. The molecule has 1 aliphatic rings. The Labute approximate surface area is 188 Å². The second-order valence-corrected chi connectivity index (χ2v) is 7.61. The number of para-hydroxylation sites is 3. The zero-order valence-electron chi connectivity index (χ0n) is 18.3. The van der Waals surface area contributed by atoms with Crippen molar-refractivity contribution in [2.75, 3.05) is 32.8 Å². The Morgan fingerprint density at radius 2 is 1.75 bits per heavy atom. The number of aliphatic hydroxyl groups is 1. The predicted octanol–water partition coefficient (Wildman–Crippen LogP) is 3.25. The summed E-state index contributed by atoms with van der Waals surface area (Å²) in [5.41, 5.74) is 2.26. The van der Waals surface area contributed by atoms with Crippen LogP contribution in [-0.4, -0.2) is 65.5 Å². The molecule has 32 heavy (non-hydrogen) atoms. The van der Waals surface area contributed by atoms with Crippen molar-refractivity contribution in [1.82, 2.24) is 9.88 Å². The molecule has 1 aliphatic heterocycles. The number of carbonyl (C=O) groups is 1. The van der Waals surface area contributed by atoms with Gasteiger partial charge in [-0.3, -0.25) is 14.7 Å². The minimum absolute atomic E-state index is 0.219. The summed E-state index contributed by atoms with van der Waals surface area (Å²) in [5, 5.41) is 18.7. The van der Waals surface area contributed by atoms with Gasteiger partial charge in [0, 0.05) is 37.1 Å². The van der Waals surface area contributed by atoms with Crippen LogP contribution in [0.5, 0.6) is 11.5 Å². The molecule has 2 heterocycles. The van der Waals surface area contributed by atoms with Crippen LogP contribution < -0.4 is 9.47 Å². The molecule has 2 aromatic carbocycles. The first-order valence-corrected chi connectivity index (χ1v) is 10.8. The fourth-order valence-corrected chi connectivity index (χ4v) is 4.07. The summed E-state index contributed by atoms with van der Waals surface area (Å²) in [5.74, 6) is 1.77. The van der Waals surface area contributed by atoms with Crippen molar-refractivity contribution in [3.8, 4) is 11.5 Å². The van der Waals surface area contributed by atoms with Crippen LogP contribution in [0.2, 0.25) is 0 Å². The molecule has 7 heteroatoms. The van der Waals surface area contributed by atoms with Gasteiger partial charge in [-0.2, -0.15) is 0 Å². The summed E-state index contributed by atoms with van der Waals surface area (Å²) in [4.78, 5) is 15.1. The van der Waals surface area contributed by atoms with E-state index in [2.05, 4.69) is 22.0 Å². The zero-order chi connectivity index (χ0) is 22.8. The number of rotatable bonds is 8. The summed E-state index contributed by atoms with van der Waals surface area (Å²) in [6, 6.07) is 18.0. The van der Waals surface area contributed by atoms with E-state index in [-0.39, 0.29) is 18.5 Å². The van der Waals surface area contributed by atoms with Crippen LogP contribution in [0.25, 0.3) is 10.9 Å². The average molecular weight is 439 g/mol. The summed E-state index contributed by atoms with van der Waals surface area (Å²) in [6.45, 7) is 5.24. The number of benzene rings is 2. The quantitative estimate of drug-likeness (QED) is 0.522. The van der Waals surface area contributed by atoms with Gasteiger partial charge in [0.1, 0.15) is 6.61 Å². The van der Waals surface area contributed by atoms with Gasteiger partial charge in [0.25, 0.3) is 6.47 Å². The lowest BCUT2D eigenvalue weighted by Crippen LogP contribution is -2.27. The molecule has 3 aromatic rings. The Bertz CT molecular complexity index is 991. The second kappa shape index (κ2) is 12.0. The van der Waals surface area contributed by atoms with Gasteiger partial charge in [0.2, 0.25) is 0 Å². The molecule has 1 saturated heterocycles. The summed E-state index contributed by atoms with van der Waals surface area (Å²) >= 11 is 0. The molecule has 2 atom stereocenters. The van der Waals surface area contributed by atoms with E-state index in [1.807, 2.05) is 55.6 Å². The highest BCUT2D eigenvalue weighted by Gasteiger charge is 2.31. The van der Waals surface area contributed by atoms with Gasteiger partial charge in [0.05, 0.1) is 18.2 Å². The smallest absolute Gasteiger partial charge is 0.290 e. The van der Waals surface area contributed by atoms with Gasteiger partial charge < -0.3 is 19.7 Å². The number of fused-ring (bicyclic) bond motifs is 1. The molecular weight excluding hydrogens is 408 g/mol. The standard InChI is InChI=1S/C24H28N2O3.CH2O2/c1-2-28-23-9-5-6-10-24(23)29-14-13-26-16-19(22(27)17-26)15-18-11-12-25-21-8-4-3-7-20(18)21;2-1-3/h3-12,19,22,27H,2,13-17H2,1H3;1H,(H,2,3)/t19-,22+;/m1./s1. The molecule has 1 aromatic heterocycles. The molecule has 0 radical (unpaired) electrons. The highest BCUT2D eigenvalue weighted by Crippen LogP contribution is 2.27. The molecule has 7 nitrogen and oxygen atoms in total. The minimum Gasteiger partial charge on any atom is -0.490 e. The Kier molecular flexibility index (Phi) is 8.83. The van der Waals surface area contributed by atoms with Crippen LogP contribution in [-0.2, 0) is 11.2 Å². The first-order valence-electron chi connectivity index (χ1n) is 10.8. The maximum atomic E-state index is 10.6. The van der Waals surface area contributed by atoms with Crippen LogP contribution in [0.1, 0.15) is 12.5 Å². The Balaban J connectivity index is 0.000000913. The Hall–Kier alpha value is -3.16. The third kappa shape index (κ3) is 6.18. The summed E-state index contributed by atoms with van der Waals surface area (Å²) in [7, 11) is 0. The van der Waals surface area contributed by atoms with Crippen LogP contribution in [0.4, 0.5) is 0 Å². The van der Waals surface area contributed by atoms with E-state index in [9.17, 15) is 5.11 Å². The topological polar surface area (TPSA) is 92.1 Å². The normalized spacial score (nSPS) is 18.1. The third-order valence-electron chi connectivity index (χ3n) is 5.52. The SMILES string of the molecule is CCOc1ccccc1OCCN1C[C@@H](Cc2ccnc3ccccc23)[C@@H](O)C1.O=CO. The van der Waals surface area contributed by atoms with E-state index < -0.39 is 0 Å². The number of β-amino-alcohol motifs (C(OH)–C–C–N with tert-alkyl or cyclic N) is 1. The van der Waals surface area contributed by atoms with E-state index in [0.717, 1.165) is 36.5 Å². The second-order valence-electron chi connectivity index (χ2n) is 7.61. The number of pyridine rings is 1. The van der Waals surface area contributed by atoms with Gasteiger partial charge in [-0.15, -0.1) is 0 Å². The molecule has 170 valence electrons. The lowest BCUT2D eigenvalue weighted by Gasteiger charge is -2.17. The Morgan fingerprint density at radius 1 is 1.06 bits per heavy atom. The molecule has 4 rings (SSSR count). The van der Waals surface area contributed by atoms with Gasteiger partial charge in [-0.25, -0.2) is 0 Å². The van der Waals surface area contributed by atoms with Gasteiger partial charge in [0.15, 0.2) is 11.5 Å². The number of ether oxygens (including phenoxy) is 2. The lowest BCUT2D eigenvalue weighted by atomic mass is 9.94. The van der Waals surface area contributed by atoms with Crippen LogP contribution in [0.15, 0.2) is 60.8 Å². The number of aliphatic hydroxyl groups excluding tert-OH is 1. The average Bonchev–Trinajstić information content (AvgIpc) is 3.15. The predicted molar refractivity (Wildman–Crippen MR) is 123 cm³/mol. The van der Waals surface area contributed by atoms with E-state index in [1.165, 1.54) is 10.9 Å². The van der Waals surface area contributed by atoms with E-state index in [0.29, 0.717) is 19.8 Å².